The fourth-order valence-electron chi connectivity index (χ4n) is 1.52. The SMILES string of the molecule is C=CCN(CC=C)CCCNC1CC1. The van der Waals surface area contributed by atoms with Gasteiger partial charge < -0.3 is 5.32 Å². The first-order valence-electron chi connectivity index (χ1n) is 5.54. The van der Waals surface area contributed by atoms with E-state index in [0.29, 0.717) is 0 Å². The maximum atomic E-state index is 3.76. The standard InChI is InChI=1S/C12H22N2/c1-3-9-14(10-4-2)11-5-8-13-12-6-7-12/h3-4,12-13H,1-2,5-11H2. The molecule has 14 heavy (non-hydrogen) atoms. The highest BCUT2D eigenvalue weighted by atomic mass is 15.1. The van der Waals surface area contributed by atoms with Crippen molar-refractivity contribution in [2.24, 2.45) is 0 Å². The lowest BCUT2D eigenvalue weighted by atomic mass is 10.3. The summed E-state index contributed by atoms with van der Waals surface area (Å²) in [7, 11) is 0. The van der Waals surface area contributed by atoms with E-state index in [1.807, 2.05) is 12.2 Å². The van der Waals surface area contributed by atoms with Crippen molar-refractivity contribution in [2.75, 3.05) is 26.2 Å². The van der Waals surface area contributed by atoms with Gasteiger partial charge in [-0.15, -0.1) is 13.2 Å². The molecule has 1 rings (SSSR count). The number of rotatable bonds is 9. The average molecular weight is 194 g/mol. The van der Waals surface area contributed by atoms with Crippen molar-refractivity contribution >= 4 is 0 Å². The molecule has 2 nitrogen and oxygen atoms in total. The Bertz CT molecular complexity index is 163. The Morgan fingerprint density at radius 3 is 2.36 bits per heavy atom. The third-order valence-electron chi connectivity index (χ3n) is 2.44. The van der Waals surface area contributed by atoms with Gasteiger partial charge in [-0.25, -0.2) is 0 Å². The molecular weight excluding hydrogens is 172 g/mol. The van der Waals surface area contributed by atoms with Crippen LogP contribution in [0.2, 0.25) is 0 Å². The van der Waals surface area contributed by atoms with E-state index < -0.39 is 0 Å². The third kappa shape index (κ3) is 5.20. The van der Waals surface area contributed by atoms with Gasteiger partial charge in [0, 0.05) is 19.1 Å². The van der Waals surface area contributed by atoms with Gasteiger partial charge in [0.25, 0.3) is 0 Å². The summed E-state index contributed by atoms with van der Waals surface area (Å²) in [6.45, 7) is 11.7. The van der Waals surface area contributed by atoms with Crippen molar-refractivity contribution < 1.29 is 0 Å². The van der Waals surface area contributed by atoms with E-state index in [9.17, 15) is 0 Å². The van der Waals surface area contributed by atoms with Crippen molar-refractivity contribution in [1.29, 1.82) is 0 Å². The molecule has 0 radical (unpaired) electrons. The van der Waals surface area contributed by atoms with E-state index in [-0.39, 0.29) is 0 Å². The van der Waals surface area contributed by atoms with E-state index in [0.717, 1.165) is 32.2 Å². The summed E-state index contributed by atoms with van der Waals surface area (Å²) in [5.41, 5.74) is 0. The smallest absolute Gasteiger partial charge is 0.0163 e. The molecule has 80 valence electrons. The molecular formula is C12H22N2. The van der Waals surface area contributed by atoms with E-state index in [2.05, 4.69) is 23.4 Å². The second-order valence-electron chi connectivity index (χ2n) is 3.92. The van der Waals surface area contributed by atoms with Crippen LogP contribution in [0.25, 0.3) is 0 Å². The van der Waals surface area contributed by atoms with Crippen LogP contribution in [0.15, 0.2) is 25.3 Å². The zero-order chi connectivity index (χ0) is 10.2. The van der Waals surface area contributed by atoms with Crippen molar-refractivity contribution in [2.45, 2.75) is 25.3 Å². The first-order valence-corrected chi connectivity index (χ1v) is 5.54. The Morgan fingerprint density at radius 1 is 1.21 bits per heavy atom. The number of hydrogen-bond acceptors (Lipinski definition) is 2. The summed E-state index contributed by atoms with van der Waals surface area (Å²) in [6.07, 6.45) is 7.89. The van der Waals surface area contributed by atoms with Crippen LogP contribution in [0, 0.1) is 0 Å². The predicted octanol–water partition coefficient (Wildman–Crippen LogP) is 1.80. The Kier molecular flexibility index (Phi) is 5.57. The predicted molar refractivity (Wildman–Crippen MR) is 62.5 cm³/mol. The molecule has 1 aliphatic rings. The van der Waals surface area contributed by atoms with Crippen LogP contribution in [0.4, 0.5) is 0 Å². The molecule has 0 aliphatic heterocycles. The topological polar surface area (TPSA) is 15.3 Å². The number of nitrogens with one attached hydrogen (secondary N) is 1. The highest BCUT2D eigenvalue weighted by Crippen LogP contribution is 2.18. The molecule has 0 bridgehead atoms. The number of nitrogens with zero attached hydrogens (tertiary/aromatic N) is 1. The van der Waals surface area contributed by atoms with Gasteiger partial charge in [-0.3, -0.25) is 4.90 Å². The van der Waals surface area contributed by atoms with Crippen LogP contribution in [0.3, 0.4) is 0 Å². The molecule has 0 aromatic rings. The maximum absolute atomic E-state index is 3.76. The van der Waals surface area contributed by atoms with Gasteiger partial charge in [0.15, 0.2) is 0 Å². The van der Waals surface area contributed by atoms with Gasteiger partial charge in [0.2, 0.25) is 0 Å². The Balaban J connectivity index is 1.98. The average Bonchev–Trinajstić information content (AvgIpc) is 2.96. The lowest BCUT2D eigenvalue weighted by Gasteiger charge is -2.18. The van der Waals surface area contributed by atoms with Crippen LogP contribution >= 0.6 is 0 Å². The second kappa shape index (κ2) is 6.80. The fourth-order valence-corrected chi connectivity index (χ4v) is 1.52. The highest BCUT2D eigenvalue weighted by Gasteiger charge is 2.19. The lowest BCUT2D eigenvalue weighted by molar-refractivity contribution is 0.327. The molecule has 2 heteroatoms. The summed E-state index contributed by atoms with van der Waals surface area (Å²) in [6, 6.07) is 0.835. The summed E-state index contributed by atoms with van der Waals surface area (Å²) < 4.78 is 0. The van der Waals surface area contributed by atoms with Gasteiger partial charge in [-0.1, -0.05) is 12.2 Å². The van der Waals surface area contributed by atoms with E-state index in [1.165, 1.54) is 19.3 Å². The molecule has 1 saturated carbocycles. The first kappa shape index (κ1) is 11.5. The molecule has 0 spiro atoms. The van der Waals surface area contributed by atoms with Gasteiger partial charge in [0.1, 0.15) is 0 Å². The Morgan fingerprint density at radius 2 is 1.86 bits per heavy atom. The molecule has 1 N–H and O–H groups in total. The van der Waals surface area contributed by atoms with Crippen molar-refractivity contribution in [1.82, 2.24) is 10.2 Å². The zero-order valence-corrected chi connectivity index (χ0v) is 9.04. The monoisotopic (exact) mass is 194 g/mol. The second-order valence-corrected chi connectivity index (χ2v) is 3.92. The molecule has 0 heterocycles. The minimum atomic E-state index is 0.835. The molecule has 1 fully saturated rings. The largest absolute Gasteiger partial charge is 0.314 e. The molecule has 0 atom stereocenters. The van der Waals surface area contributed by atoms with E-state index >= 15 is 0 Å². The molecule has 0 aromatic heterocycles. The lowest BCUT2D eigenvalue weighted by Crippen LogP contribution is -2.28. The maximum Gasteiger partial charge on any atom is 0.0163 e. The van der Waals surface area contributed by atoms with Gasteiger partial charge in [-0.05, 0) is 32.4 Å². The van der Waals surface area contributed by atoms with Crippen molar-refractivity contribution in [3.05, 3.63) is 25.3 Å². The summed E-state index contributed by atoms with van der Waals surface area (Å²) >= 11 is 0. The number of hydrogen-bond donors (Lipinski definition) is 1. The van der Waals surface area contributed by atoms with Crippen molar-refractivity contribution in [3.63, 3.8) is 0 Å². The minimum absolute atomic E-state index is 0.835. The van der Waals surface area contributed by atoms with Gasteiger partial charge >= 0.3 is 0 Å². The highest BCUT2D eigenvalue weighted by molar-refractivity contribution is 4.82. The molecule has 1 aliphatic carbocycles. The summed E-state index contributed by atoms with van der Waals surface area (Å²) in [5, 5.41) is 3.52. The van der Waals surface area contributed by atoms with Crippen LogP contribution in [-0.4, -0.2) is 37.1 Å². The van der Waals surface area contributed by atoms with Crippen LogP contribution in [0.5, 0.6) is 0 Å². The van der Waals surface area contributed by atoms with Crippen LogP contribution < -0.4 is 5.32 Å². The molecule has 0 aromatic carbocycles. The fraction of sp³-hybridized carbons (Fsp3) is 0.667. The Hall–Kier alpha value is -0.600. The molecule has 0 amide bonds. The Labute approximate surface area is 87.7 Å². The summed E-state index contributed by atoms with van der Waals surface area (Å²) in [5.74, 6) is 0. The quantitative estimate of drug-likeness (QED) is 0.445. The first-order chi connectivity index (χ1) is 6.86. The third-order valence-corrected chi connectivity index (χ3v) is 2.44. The zero-order valence-electron chi connectivity index (χ0n) is 9.04. The van der Waals surface area contributed by atoms with Crippen LogP contribution in [-0.2, 0) is 0 Å². The van der Waals surface area contributed by atoms with Crippen molar-refractivity contribution in [3.8, 4) is 0 Å². The minimum Gasteiger partial charge on any atom is -0.314 e. The normalized spacial score (nSPS) is 15.8. The molecule has 0 unspecified atom stereocenters. The van der Waals surface area contributed by atoms with Gasteiger partial charge in [0.05, 0.1) is 0 Å². The molecule has 0 saturated heterocycles. The van der Waals surface area contributed by atoms with Gasteiger partial charge in [-0.2, -0.15) is 0 Å². The van der Waals surface area contributed by atoms with E-state index in [1.54, 1.807) is 0 Å². The van der Waals surface area contributed by atoms with E-state index in [4.69, 9.17) is 0 Å². The van der Waals surface area contributed by atoms with Crippen LogP contribution in [0.1, 0.15) is 19.3 Å². The summed E-state index contributed by atoms with van der Waals surface area (Å²) in [4.78, 5) is 2.36.